The summed E-state index contributed by atoms with van der Waals surface area (Å²) in [5.74, 6) is -1.45. The van der Waals surface area contributed by atoms with E-state index in [2.05, 4.69) is 15.5 Å². The van der Waals surface area contributed by atoms with Crippen LogP contribution in [0.4, 0.5) is 27.6 Å². The van der Waals surface area contributed by atoms with Crippen LogP contribution in [-0.4, -0.2) is 20.5 Å². The van der Waals surface area contributed by atoms with Gasteiger partial charge in [-0.2, -0.15) is 13.2 Å². The molecule has 11 heteroatoms. The Morgan fingerprint density at radius 2 is 1.88 bits per heavy atom. The van der Waals surface area contributed by atoms with Gasteiger partial charge in [-0.05, 0) is 30.3 Å². The lowest BCUT2D eigenvalue weighted by Crippen LogP contribution is -2.14. The van der Waals surface area contributed by atoms with Gasteiger partial charge in [0.15, 0.2) is 5.65 Å². The molecule has 1 amide bonds. The van der Waals surface area contributed by atoms with Crippen molar-refractivity contribution in [3.05, 3.63) is 58.5 Å². The van der Waals surface area contributed by atoms with Gasteiger partial charge in [0.25, 0.3) is 12.3 Å². The molecule has 3 rings (SSSR count). The van der Waals surface area contributed by atoms with Gasteiger partial charge in [-0.1, -0.05) is 11.6 Å². The first-order valence-electron chi connectivity index (χ1n) is 6.98. The summed E-state index contributed by atoms with van der Waals surface area (Å²) in [7, 11) is 0. The molecule has 0 saturated heterocycles. The molecule has 3 aromatic rings. The van der Waals surface area contributed by atoms with E-state index in [0.29, 0.717) is 6.07 Å². The summed E-state index contributed by atoms with van der Waals surface area (Å²) in [6, 6.07) is 5.45. The number of nitrogens with one attached hydrogen (secondary N) is 1. The highest BCUT2D eigenvalue weighted by atomic mass is 35.5. The third kappa shape index (κ3) is 3.45. The molecule has 1 aromatic carbocycles. The second-order valence-electron chi connectivity index (χ2n) is 5.15. The van der Waals surface area contributed by atoms with Crippen LogP contribution in [-0.2, 0) is 6.18 Å². The van der Waals surface area contributed by atoms with E-state index in [1.165, 1.54) is 18.2 Å². The maximum atomic E-state index is 12.9. The largest absolute Gasteiger partial charge is 0.417 e. The van der Waals surface area contributed by atoms with Crippen LogP contribution < -0.4 is 5.32 Å². The van der Waals surface area contributed by atoms with Crippen LogP contribution in [0.5, 0.6) is 0 Å². The summed E-state index contributed by atoms with van der Waals surface area (Å²) in [5, 5.41) is 8.61. The summed E-state index contributed by atoms with van der Waals surface area (Å²) in [6.45, 7) is 0. The van der Waals surface area contributed by atoms with Gasteiger partial charge in [0.1, 0.15) is 0 Å². The van der Waals surface area contributed by atoms with E-state index in [0.717, 1.165) is 16.7 Å². The van der Waals surface area contributed by atoms with E-state index >= 15 is 0 Å². The zero-order chi connectivity index (χ0) is 19.1. The Bertz CT molecular complexity index is 986. The number of aromatic nitrogens is 3. The van der Waals surface area contributed by atoms with Crippen molar-refractivity contribution in [1.82, 2.24) is 14.6 Å². The number of benzene rings is 1. The highest BCUT2D eigenvalue weighted by molar-refractivity contribution is 6.31. The minimum absolute atomic E-state index is 0.0669. The van der Waals surface area contributed by atoms with Crippen molar-refractivity contribution in [2.45, 2.75) is 12.6 Å². The fraction of sp³-hybridized carbons (Fsp3) is 0.133. The van der Waals surface area contributed by atoms with Crippen LogP contribution in [0.3, 0.4) is 0 Å². The Kier molecular flexibility index (Phi) is 4.53. The van der Waals surface area contributed by atoms with Crippen LogP contribution >= 0.6 is 11.6 Å². The third-order valence-electron chi connectivity index (χ3n) is 3.42. The zero-order valence-electron chi connectivity index (χ0n) is 12.6. The van der Waals surface area contributed by atoms with E-state index in [1.807, 2.05) is 0 Å². The minimum atomic E-state index is -4.69. The number of amides is 1. The number of halogens is 6. The standard InChI is InChI=1S/C15H8ClF5N4O/c16-10-3-2-8(5-9(10)15(19,20)21)22-14(26)7-1-4-11-23-24-13(12(17)18)25(11)6-7/h1-6,12H,(H,22,26). The Balaban J connectivity index is 1.91. The van der Waals surface area contributed by atoms with Gasteiger partial charge in [-0.25, -0.2) is 8.78 Å². The molecule has 26 heavy (non-hydrogen) atoms. The molecular weight excluding hydrogens is 383 g/mol. The normalized spacial score (nSPS) is 12.0. The molecule has 0 aliphatic rings. The van der Waals surface area contributed by atoms with Gasteiger partial charge in [-0.3, -0.25) is 9.20 Å². The number of pyridine rings is 1. The number of carbonyl (C=O) groups is 1. The lowest BCUT2D eigenvalue weighted by Gasteiger charge is -2.12. The number of anilines is 1. The number of hydrogen-bond donors (Lipinski definition) is 1. The van der Waals surface area contributed by atoms with Crippen LogP contribution in [0.15, 0.2) is 36.5 Å². The average molecular weight is 391 g/mol. The predicted octanol–water partition coefficient (Wildman–Crippen LogP) is 4.59. The number of carbonyl (C=O) groups excluding carboxylic acids is 1. The molecule has 0 radical (unpaired) electrons. The molecule has 0 fully saturated rings. The van der Waals surface area contributed by atoms with Gasteiger partial charge in [0.05, 0.1) is 16.1 Å². The van der Waals surface area contributed by atoms with Gasteiger partial charge in [-0.15, -0.1) is 10.2 Å². The second kappa shape index (κ2) is 6.52. The Labute approximate surface area is 147 Å². The molecule has 0 bridgehead atoms. The second-order valence-corrected chi connectivity index (χ2v) is 5.56. The van der Waals surface area contributed by atoms with Crippen LogP contribution in [0, 0.1) is 0 Å². The van der Waals surface area contributed by atoms with Crippen molar-refractivity contribution in [3.8, 4) is 0 Å². The van der Waals surface area contributed by atoms with E-state index in [-0.39, 0.29) is 16.9 Å². The number of rotatable bonds is 3. The van der Waals surface area contributed by atoms with Gasteiger partial charge in [0.2, 0.25) is 5.82 Å². The summed E-state index contributed by atoms with van der Waals surface area (Å²) in [5.41, 5.74) is -1.22. The van der Waals surface area contributed by atoms with Crippen molar-refractivity contribution in [2.75, 3.05) is 5.32 Å². The van der Waals surface area contributed by atoms with Gasteiger partial charge < -0.3 is 5.32 Å². The molecule has 2 heterocycles. The first kappa shape index (κ1) is 18.1. The topological polar surface area (TPSA) is 59.3 Å². The fourth-order valence-electron chi connectivity index (χ4n) is 2.22. The lowest BCUT2D eigenvalue weighted by atomic mass is 10.2. The quantitative estimate of drug-likeness (QED) is 0.665. The number of nitrogens with zero attached hydrogens (tertiary/aromatic N) is 3. The predicted molar refractivity (Wildman–Crippen MR) is 82.4 cm³/mol. The highest BCUT2D eigenvalue weighted by Gasteiger charge is 2.33. The van der Waals surface area contributed by atoms with Crippen LogP contribution in [0.25, 0.3) is 5.65 Å². The van der Waals surface area contributed by atoms with E-state index in [4.69, 9.17) is 11.6 Å². The number of alkyl halides is 5. The maximum absolute atomic E-state index is 12.9. The molecule has 0 spiro atoms. The highest BCUT2D eigenvalue weighted by Crippen LogP contribution is 2.36. The van der Waals surface area contributed by atoms with E-state index < -0.39 is 34.9 Å². The summed E-state index contributed by atoms with van der Waals surface area (Å²) in [6.07, 6.45) is -6.52. The molecule has 0 aliphatic carbocycles. The SMILES string of the molecule is O=C(Nc1ccc(Cl)c(C(F)(F)F)c1)c1ccc2nnc(C(F)F)n2c1. The van der Waals surface area contributed by atoms with Crippen LogP contribution in [0.2, 0.25) is 5.02 Å². The smallest absolute Gasteiger partial charge is 0.322 e. The average Bonchev–Trinajstić information content (AvgIpc) is 2.98. The molecule has 0 atom stereocenters. The van der Waals surface area contributed by atoms with Crippen molar-refractivity contribution in [1.29, 1.82) is 0 Å². The molecule has 1 N–H and O–H groups in total. The molecule has 136 valence electrons. The lowest BCUT2D eigenvalue weighted by molar-refractivity contribution is -0.137. The maximum Gasteiger partial charge on any atom is 0.417 e. The van der Waals surface area contributed by atoms with Gasteiger partial charge >= 0.3 is 6.18 Å². The summed E-state index contributed by atoms with van der Waals surface area (Å²) >= 11 is 5.51. The first-order chi connectivity index (χ1) is 12.2. The van der Waals surface area contributed by atoms with Crippen molar-refractivity contribution >= 4 is 28.8 Å². The zero-order valence-corrected chi connectivity index (χ0v) is 13.3. The van der Waals surface area contributed by atoms with E-state index in [9.17, 15) is 26.7 Å². The molecule has 0 aliphatic heterocycles. The Morgan fingerprint density at radius 1 is 1.15 bits per heavy atom. The molecule has 5 nitrogen and oxygen atoms in total. The van der Waals surface area contributed by atoms with Crippen molar-refractivity contribution in [3.63, 3.8) is 0 Å². The summed E-state index contributed by atoms with van der Waals surface area (Å²) in [4.78, 5) is 12.2. The van der Waals surface area contributed by atoms with Crippen LogP contribution in [0.1, 0.15) is 28.2 Å². The molecule has 0 saturated carbocycles. The first-order valence-corrected chi connectivity index (χ1v) is 7.35. The Morgan fingerprint density at radius 3 is 2.54 bits per heavy atom. The number of fused-ring (bicyclic) bond motifs is 1. The molecular formula is C15H8ClF5N4O. The minimum Gasteiger partial charge on any atom is -0.322 e. The third-order valence-corrected chi connectivity index (χ3v) is 3.75. The fourth-order valence-corrected chi connectivity index (χ4v) is 2.44. The van der Waals surface area contributed by atoms with Crippen molar-refractivity contribution < 1.29 is 26.7 Å². The van der Waals surface area contributed by atoms with Gasteiger partial charge in [0, 0.05) is 11.9 Å². The molecule has 0 unspecified atom stereocenters. The van der Waals surface area contributed by atoms with Crippen molar-refractivity contribution in [2.24, 2.45) is 0 Å². The monoisotopic (exact) mass is 390 g/mol. The van der Waals surface area contributed by atoms with E-state index in [1.54, 1.807) is 0 Å². The Hall–Kier alpha value is -2.75. The molecule has 2 aromatic heterocycles. The summed E-state index contributed by atoms with van der Waals surface area (Å²) < 4.78 is 65.2. The number of hydrogen-bond acceptors (Lipinski definition) is 3.